The first-order valence-corrected chi connectivity index (χ1v) is 8.01. The standard InChI is InChI=1S/C15H23NO2S/c1-12-7-5-8-13(2)14(12)11-19(18)10-6-9-15(17)16(3)4/h5,7-8H,6,9-11H2,1-4H3/t19-/m0/s1. The Morgan fingerprint density at radius 2 is 1.79 bits per heavy atom. The van der Waals surface area contributed by atoms with Crippen molar-refractivity contribution < 1.29 is 9.00 Å². The molecule has 106 valence electrons. The van der Waals surface area contributed by atoms with Gasteiger partial charge in [0.1, 0.15) is 0 Å². The Bertz CT molecular complexity index is 449. The van der Waals surface area contributed by atoms with Crippen LogP contribution in [0.5, 0.6) is 0 Å². The molecular formula is C15H23NO2S. The smallest absolute Gasteiger partial charge is 0.222 e. The summed E-state index contributed by atoms with van der Waals surface area (Å²) in [6.45, 7) is 4.10. The van der Waals surface area contributed by atoms with Crippen LogP contribution in [-0.2, 0) is 21.3 Å². The van der Waals surface area contributed by atoms with Gasteiger partial charge < -0.3 is 4.90 Å². The number of carbonyl (C=O) groups is 1. The van der Waals surface area contributed by atoms with Gasteiger partial charge in [0.15, 0.2) is 0 Å². The minimum Gasteiger partial charge on any atom is -0.349 e. The summed E-state index contributed by atoms with van der Waals surface area (Å²) in [7, 11) is 2.60. The van der Waals surface area contributed by atoms with E-state index in [-0.39, 0.29) is 5.91 Å². The molecule has 4 heteroatoms. The van der Waals surface area contributed by atoms with Crippen molar-refractivity contribution in [3.63, 3.8) is 0 Å². The van der Waals surface area contributed by atoms with Gasteiger partial charge in [-0.15, -0.1) is 0 Å². The van der Waals surface area contributed by atoms with Crippen LogP contribution in [-0.4, -0.2) is 34.9 Å². The van der Waals surface area contributed by atoms with E-state index in [4.69, 9.17) is 0 Å². The average Bonchev–Trinajstić information content (AvgIpc) is 2.33. The van der Waals surface area contributed by atoms with Crippen LogP contribution >= 0.6 is 0 Å². The molecular weight excluding hydrogens is 258 g/mol. The third kappa shape index (κ3) is 5.15. The lowest BCUT2D eigenvalue weighted by Gasteiger charge is -2.11. The first-order chi connectivity index (χ1) is 8.91. The molecule has 0 aliphatic carbocycles. The molecule has 0 radical (unpaired) electrons. The second kappa shape index (κ2) is 7.43. The second-order valence-electron chi connectivity index (χ2n) is 5.05. The molecule has 1 aromatic carbocycles. The summed E-state index contributed by atoms with van der Waals surface area (Å²) in [6, 6.07) is 6.12. The van der Waals surface area contributed by atoms with Crippen molar-refractivity contribution in [3.05, 3.63) is 34.9 Å². The van der Waals surface area contributed by atoms with Gasteiger partial charge in [-0.05, 0) is 37.0 Å². The fourth-order valence-corrected chi connectivity index (χ4v) is 3.31. The highest BCUT2D eigenvalue weighted by Crippen LogP contribution is 2.15. The monoisotopic (exact) mass is 281 g/mol. The predicted molar refractivity (Wildman–Crippen MR) is 80.6 cm³/mol. The lowest BCUT2D eigenvalue weighted by molar-refractivity contribution is -0.128. The number of carbonyl (C=O) groups excluding carboxylic acids is 1. The van der Waals surface area contributed by atoms with Crippen molar-refractivity contribution >= 4 is 16.7 Å². The van der Waals surface area contributed by atoms with E-state index >= 15 is 0 Å². The van der Waals surface area contributed by atoms with Crippen molar-refractivity contribution in [1.29, 1.82) is 0 Å². The Kier molecular flexibility index (Phi) is 6.22. The van der Waals surface area contributed by atoms with E-state index in [2.05, 4.69) is 26.0 Å². The molecule has 0 spiro atoms. The van der Waals surface area contributed by atoms with Gasteiger partial charge in [0.05, 0.1) is 0 Å². The minimum absolute atomic E-state index is 0.101. The van der Waals surface area contributed by atoms with E-state index in [1.807, 2.05) is 6.07 Å². The van der Waals surface area contributed by atoms with Gasteiger partial charge in [-0.2, -0.15) is 0 Å². The topological polar surface area (TPSA) is 37.4 Å². The Morgan fingerprint density at radius 1 is 1.21 bits per heavy atom. The van der Waals surface area contributed by atoms with Crippen molar-refractivity contribution in [2.45, 2.75) is 32.4 Å². The second-order valence-corrected chi connectivity index (χ2v) is 6.63. The first-order valence-electron chi connectivity index (χ1n) is 6.52. The summed E-state index contributed by atoms with van der Waals surface area (Å²) in [5, 5.41) is 0. The molecule has 0 aliphatic heterocycles. The average molecular weight is 281 g/mol. The van der Waals surface area contributed by atoms with Crippen LogP contribution in [0.1, 0.15) is 29.5 Å². The largest absolute Gasteiger partial charge is 0.349 e. The van der Waals surface area contributed by atoms with E-state index in [1.54, 1.807) is 19.0 Å². The van der Waals surface area contributed by atoms with Gasteiger partial charge in [-0.25, -0.2) is 0 Å². The maximum absolute atomic E-state index is 12.1. The summed E-state index contributed by atoms with van der Waals surface area (Å²) in [5.74, 6) is 1.28. The summed E-state index contributed by atoms with van der Waals surface area (Å²) >= 11 is 0. The SMILES string of the molecule is Cc1cccc(C)c1C[S@@](=O)CCCC(=O)N(C)C. The summed E-state index contributed by atoms with van der Waals surface area (Å²) in [6.07, 6.45) is 1.17. The highest BCUT2D eigenvalue weighted by molar-refractivity contribution is 7.84. The Labute approximate surface area is 118 Å². The summed E-state index contributed by atoms with van der Waals surface area (Å²) in [4.78, 5) is 13.0. The van der Waals surface area contributed by atoms with Crippen LogP contribution in [0.4, 0.5) is 0 Å². The van der Waals surface area contributed by atoms with Crippen molar-refractivity contribution in [1.82, 2.24) is 4.90 Å². The fourth-order valence-electron chi connectivity index (χ4n) is 1.92. The third-order valence-corrected chi connectivity index (χ3v) is 4.57. The Morgan fingerprint density at radius 3 is 2.32 bits per heavy atom. The van der Waals surface area contributed by atoms with Crippen LogP contribution in [0.3, 0.4) is 0 Å². The molecule has 3 nitrogen and oxygen atoms in total. The molecule has 1 rings (SSSR count). The van der Waals surface area contributed by atoms with Crippen molar-refractivity contribution in [3.8, 4) is 0 Å². The van der Waals surface area contributed by atoms with Gasteiger partial charge >= 0.3 is 0 Å². The summed E-state index contributed by atoms with van der Waals surface area (Å²) in [5.41, 5.74) is 3.57. The number of nitrogens with zero attached hydrogens (tertiary/aromatic N) is 1. The molecule has 1 atom stereocenters. The van der Waals surface area contributed by atoms with Crippen molar-refractivity contribution in [2.75, 3.05) is 19.8 Å². The lowest BCUT2D eigenvalue weighted by Crippen LogP contribution is -2.21. The molecule has 0 fully saturated rings. The van der Waals surface area contributed by atoms with Crippen LogP contribution in [0.25, 0.3) is 0 Å². The number of amides is 1. The van der Waals surface area contributed by atoms with Gasteiger partial charge in [0.2, 0.25) is 5.91 Å². The normalized spacial score (nSPS) is 12.2. The number of aryl methyl sites for hydroxylation is 2. The molecule has 19 heavy (non-hydrogen) atoms. The number of rotatable bonds is 6. The zero-order valence-electron chi connectivity index (χ0n) is 12.2. The highest BCUT2D eigenvalue weighted by Gasteiger charge is 2.09. The molecule has 0 aliphatic rings. The number of hydrogen-bond acceptors (Lipinski definition) is 2. The van der Waals surface area contributed by atoms with Gasteiger partial charge in [-0.3, -0.25) is 9.00 Å². The lowest BCUT2D eigenvalue weighted by atomic mass is 10.1. The van der Waals surface area contributed by atoms with Crippen LogP contribution in [0.2, 0.25) is 0 Å². The first kappa shape index (κ1) is 15.9. The zero-order valence-corrected chi connectivity index (χ0v) is 13.0. The third-order valence-electron chi connectivity index (χ3n) is 3.21. The minimum atomic E-state index is -0.892. The molecule has 0 N–H and O–H groups in total. The molecule has 1 aromatic rings. The van der Waals surface area contributed by atoms with E-state index in [9.17, 15) is 9.00 Å². The molecule has 0 aromatic heterocycles. The number of hydrogen-bond donors (Lipinski definition) is 0. The van der Waals surface area contributed by atoms with Gasteiger partial charge in [0.25, 0.3) is 0 Å². The van der Waals surface area contributed by atoms with E-state index in [0.29, 0.717) is 24.3 Å². The van der Waals surface area contributed by atoms with Crippen LogP contribution in [0.15, 0.2) is 18.2 Å². The zero-order chi connectivity index (χ0) is 14.4. The van der Waals surface area contributed by atoms with Crippen LogP contribution < -0.4 is 0 Å². The Balaban J connectivity index is 2.46. The van der Waals surface area contributed by atoms with Gasteiger partial charge in [0, 0.05) is 42.8 Å². The quantitative estimate of drug-likeness (QED) is 0.803. The van der Waals surface area contributed by atoms with E-state index in [1.165, 1.54) is 16.7 Å². The predicted octanol–water partition coefficient (Wildman–Crippen LogP) is 2.42. The molecule has 0 heterocycles. The molecule has 1 amide bonds. The number of benzene rings is 1. The maximum atomic E-state index is 12.1. The van der Waals surface area contributed by atoms with Gasteiger partial charge in [-0.1, -0.05) is 18.2 Å². The molecule has 0 unspecified atom stereocenters. The molecule has 0 saturated heterocycles. The summed E-state index contributed by atoms with van der Waals surface area (Å²) < 4.78 is 12.1. The maximum Gasteiger partial charge on any atom is 0.222 e. The van der Waals surface area contributed by atoms with Crippen molar-refractivity contribution in [2.24, 2.45) is 0 Å². The molecule has 0 saturated carbocycles. The Hall–Kier alpha value is -1.16. The van der Waals surface area contributed by atoms with Crippen LogP contribution in [0, 0.1) is 13.8 Å². The fraction of sp³-hybridized carbons (Fsp3) is 0.533. The molecule has 0 bridgehead atoms. The highest BCUT2D eigenvalue weighted by atomic mass is 32.2. The van der Waals surface area contributed by atoms with E-state index in [0.717, 1.165) is 0 Å². The van der Waals surface area contributed by atoms with E-state index < -0.39 is 10.8 Å².